The monoisotopic (exact) mass is 439 g/mol. The zero-order valence-corrected chi connectivity index (χ0v) is 17.4. The highest BCUT2D eigenvalue weighted by Gasteiger charge is 2.45. The second-order valence-electron chi connectivity index (χ2n) is 7.07. The first-order chi connectivity index (χ1) is 13.3. The molecule has 0 bridgehead atoms. The van der Waals surface area contributed by atoms with Gasteiger partial charge in [0.25, 0.3) is 11.7 Å². The van der Waals surface area contributed by atoms with Crippen molar-refractivity contribution in [3.8, 4) is 0 Å². The molecule has 0 saturated carbocycles. The molecule has 0 unspecified atom stereocenters. The number of halogens is 1. The number of aliphatic hydroxyl groups is 1. The van der Waals surface area contributed by atoms with Crippen LogP contribution in [0.4, 0.5) is 0 Å². The molecule has 1 aliphatic heterocycles. The number of Topliss-reactive ketones (excluding diaryl/α,β-unsaturated/α-hetero) is 1. The van der Waals surface area contributed by atoms with E-state index in [1.54, 1.807) is 30.3 Å². The van der Waals surface area contributed by atoms with Gasteiger partial charge in [-0.1, -0.05) is 72.3 Å². The van der Waals surface area contributed by atoms with Crippen molar-refractivity contribution in [2.45, 2.75) is 25.8 Å². The zero-order valence-electron chi connectivity index (χ0n) is 15.9. The summed E-state index contributed by atoms with van der Waals surface area (Å²) < 4.78 is 0.858. The van der Waals surface area contributed by atoms with Gasteiger partial charge in [-0.15, -0.1) is 6.58 Å². The third kappa shape index (κ3) is 3.67. The minimum absolute atomic E-state index is 0.103. The standard InChI is InChI=1S/C23H22BrNO3/c1-4-13-25-20(16-7-5-15(6-8-16)14(2)3)19(22(27)23(25)28)21(26)17-9-11-18(24)12-10-17/h4-12,14,20,26H,1,13H2,2-3H3/t20-/m0/s1. The Bertz CT molecular complexity index is 943. The van der Waals surface area contributed by atoms with E-state index >= 15 is 0 Å². The summed E-state index contributed by atoms with van der Waals surface area (Å²) in [4.78, 5) is 26.9. The smallest absolute Gasteiger partial charge is 0.295 e. The molecule has 28 heavy (non-hydrogen) atoms. The van der Waals surface area contributed by atoms with Crippen LogP contribution in [0.1, 0.15) is 42.5 Å². The van der Waals surface area contributed by atoms with Crippen molar-refractivity contribution in [1.29, 1.82) is 0 Å². The molecular weight excluding hydrogens is 418 g/mol. The number of hydrogen-bond acceptors (Lipinski definition) is 3. The Balaban J connectivity index is 2.15. The molecule has 3 rings (SSSR count). The predicted octanol–water partition coefficient (Wildman–Crippen LogP) is 5.18. The van der Waals surface area contributed by atoms with Gasteiger partial charge >= 0.3 is 0 Å². The van der Waals surface area contributed by atoms with Crippen LogP contribution in [0.5, 0.6) is 0 Å². The fourth-order valence-electron chi connectivity index (χ4n) is 3.38. The molecule has 1 amide bonds. The van der Waals surface area contributed by atoms with Crippen LogP contribution >= 0.6 is 15.9 Å². The fourth-order valence-corrected chi connectivity index (χ4v) is 3.64. The molecule has 0 spiro atoms. The third-order valence-electron chi connectivity index (χ3n) is 4.90. The molecule has 2 aromatic carbocycles. The Morgan fingerprint density at radius 3 is 2.29 bits per heavy atom. The average Bonchev–Trinajstić information content (AvgIpc) is 2.93. The first-order valence-electron chi connectivity index (χ1n) is 9.10. The molecule has 1 N–H and O–H groups in total. The SMILES string of the molecule is C=CCN1C(=O)C(=O)C(=C(O)c2ccc(Br)cc2)[C@@H]1c1ccc(C(C)C)cc1. The summed E-state index contributed by atoms with van der Waals surface area (Å²) in [6, 6.07) is 14.1. The first kappa shape index (κ1) is 20.1. The lowest BCUT2D eigenvalue weighted by Gasteiger charge is -2.24. The molecule has 4 nitrogen and oxygen atoms in total. The number of benzene rings is 2. The molecule has 1 aliphatic rings. The van der Waals surface area contributed by atoms with Gasteiger partial charge in [0.15, 0.2) is 0 Å². The molecular formula is C23H22BrNO3. The molecule has 2 aromatic rings. The predicted molar refractivity (Wildman–Crippen MR) is 114 cm³/mol. The van der Waals surface area contributed by atoms with Crippen molar-refractivity contribution >= 4 is 33.4 Å². The van der Waals surface area contributed by atoms with Gasteiger partial charge in [-0.3, -0.25) is 9.59 Å². The summed E-state index contributed by atoms with van der Waals surface area (Å²) >= 11 is 3.36. The lowest BCUT2D eigenvalue weighted by Crippen LogP contribution is -2.29. The minimum atomic E-state index is -0.680. The van der Waals surface area contributed by atoms with Gasteiger partial charge in [0.05, 0.1) is 11.6 Å². The van der Waals surface area contributed by atoms with Crippen LogP contribution in [-0.4, -0.2) is 28.2 Å². The molecule has 1 heterocycles. The summed E-state index contributed by atoms with van der Waals surface area (Å²) in [5, 5.41) is 10.9. The average molecular weight is 440 g/mol. The number of nitrogens with zero attached hydrogens (tertiary/aromatic N) is 1. The van der Waals surface area contributed by atoms with Crippen LogP contribution in [0, 0.1) is 0 Å². The Morgan fingerprint density at radius 2 is 1.75 bits per heavy atom. The van der Waals surface area contributed by atoms with Gasteiger partial charge in [0, 0.05) is 16.6 Å². The van der Waals surface area contributed by atoms with Crippen LogP contribution in [0.3, 0.4) is 0 Å². The van der Waals surface area contributed by atoms with Gasteiger partial charge < -0.3 is 10.0 Å². The normalized spacial score (nSPS) is 18.7. The largest absolute Gasteiger partial charge is 0.507 e. The zero-order chi connectivity index (χ0) is 20.4. The topological polar surface area (TPSA) is 57.6 Å². The van der Waals surface area contributed by atoms with Crippen molar-refractivity contribution in [1.82, 2.24) is 4.90 Å². The van der Waals surface area contributed by atoms with Crippen molar-refractivity contribution in [2.24, 2.45) is 0 Å². The van der Waals surface area contributed by atoms with Crippen LogP contribution in [0.15, 0.2) is 71.2 Å². The number of carbonyl (C=O) groups is 2. The summed E-state index contributed by atoms with van der Waals surface area (Å²) in [5.41, 5.74) is 2.54. The molecule has 5 heteroatoms. The Labute approximate surface area is 173 Å². The highest BCUT2D eigenvalue weighted by atomic mass is 79.9. The fraction of sp³-hybridized carbons (Fsp3) is 0.217. The number of aliphatic hydroxyl groups excluding tert-OH is 1. The Hall–Kier alpha value is -2.66. The van der Waals surface area contributed by atoms with Crippen molar-refractivity contribution in [3.63, 3.8) is 0 Å². The van der Waals surface area contributed by atoms with Crippen LogP contribution in [0.25, 0.3) is 5.76 Å². The van der Waals surface area contributed by atoms with E-state index in [0.717, 1.165) is 15.6 Å². The van der Waals surface area contributed by atoms with E-state index in [4.69, 9.17) is 0 Å². The van der Waals surface area contributed by atoms with Crippen LogP contribution in [-0.2, 0) is 9.59 Å². The number of likely N-dealkylation sites (tertiary alicyclic amines) is 1. The summed E-state index contributed by atoms with van der Waals surface area (Å²) in [6.45, 7) is 8.13. The highest BCUT2D eigenvalue weighted by Crippen LogP contribution is 2.39. The number of carbonyl (C=O) groups excluding carboxylic acids is 2. The lowest BCUT2D eigenvalue weighted by atomic mass is 9.93. The second kappa shape index (κ2) is 8.15. The van der Waals surface area contributed by atoms with Gasteiger partial charge in [0.1, 0.15) is 5.76 Å². The van der Waals surface area contributed by atoms with Crippen LogP contribution < -0.4 is 0 Å². The Kier molecular flexibility index (Phi) is 5.84. The maximum Gasteiger partial charge on any atom is 0.295 e. The first-order valence-corrected chi connectivity index (χ1v) is 9.89. The van der Waals surface area contributed by atoms with E-state index in [0.29, 0.717) is 11.5 Å². The lowest BCUT2D eigenvalue weighted by molar-refractivity contribution is -0.139. The maximum atomic E-state index is 12.8. The summed E-state index contributed by atoms with van der Waals surface area (Å²) in [5.74, 6) is -1.11. The van der Waals surface area contributed by atoms with Crippen molar-refractivity contribution in [2.75, 3.05) is 6.54 Å². The Morgan fingerprint density at radius 1 is 1.14 bits per heavy atom. The van der Waals surface area contributed by atoms with Crippen LogP contribution in [0.2, 0.25) is 0 Å². The summed E-state index contributed by atoms with van der Waals surface area (Å²) in [6.07, 6.45) is 1.58. The van der Waals surface area contributed by atoms with Crippen molar-refractivity contribution in [3.05, 3.63) is 87.9 Å². The molecule has 1 saturated heterocycles. The van der Waals surface area contributed by atoms with E-state index in [2.05, 4.69) is 36.4 Å². The molecule has 1 fully saturated rings. The van der Waals surface area contributed by atoms with E-state index < -0.39 is 17.7 Å². The van der Waals surface area contributed by atoms with Crippen molar-refractivity contribution < 1.29 is 14.7 Å². The van der Waals surface area contributed by atoms with E-state index in [1.165, 1.54) is 4.90 Å². The quantitative estimate of drug-likeness (QED) is 0.302. The number of rotatable bonds is 5. The van der Waals surface area contributed by atoms with E-state index in [-0.39, 0.29) is 17.9 Å². The number of amides is 1. The minimum Gasteiger partial charge on any atom is -0.507 e. The van der Waals surface area contributed by atoms with E-state index in [9.17, 15) is 14.7 Å². The van der Waals surface area contributed by atoms with E-state index in [1.807, 2.05) is 24.3 Å². The third-order valence-corrected chi connectivity index (χ3v) is 5.43. The highest BCUT2D eigenvalue weighted by molar-refractivity contribution is 9.10. The maximum absolute atomic E-state index is 12.8. The summed E-state index contributed by atoms with van der Waals surface area (Å²) in [7, 11) is 0. The van der Waals surface area contributed by atoms with Gasteiger partial charge in [-0.05, 0) is 29.2 Å². The van der Waals surface area contributed by atoms with Gasteiger partial charge in [0.2, 0.25) is 0 Å². The number of hydrogen-bond donors (Lipinski definition) is 1. The molecule has 0 radical (unpaired) electrons. The molecule has 0 aliphatic carbocycles. The van der Waals surface area contributed by atoms with Gasteiger partial charge in [-0.25, -0.2) is 0 Å². The number of ketones is 1. The van der Waals surface area contributed by atoms with Gasteiger partial charge in [-0.2, -0.15) is 0 Å². The molecule has 144 valence electrons. The second-order valence-corrected chi connectivity index (χ2v) is 7.98. The molecule has 0 aromatic heterocycles. The molecule has 1 atom stereocenters.